The molecule has 0 aromatic heterocycles. The molecule has 4 nitrogen and oxygen atoms in total. The van der Waals surface area contributed by atoms with Gasteiger partial charge in [-0.3, -0.25) is 4.90 Å². The molecule has 1 heterocycles. The first-order chi connectivity index (χ1) is 9.70. The lowest BCUT2D eigenvalue weighted by Crippen LogP contribution is -2.33. The molecule has 2 rings (SSSR count). The summed E-state index contributed by atoms with van der Waals surface area (Å²) in [6, 6.07) is 7.60. The van der Waals surface area contributed by atoms with E-state index >= 15 is 0 Å². The van der Waals surface area contributed by atoms with Gasteiger partial charge in [0.2, 0.25) is 0 Å². The molecule has 0 N–H and O–H groups in total. The number of methoxy groups -OCH3 is 1. The Morgan fingerprint density at radius 2 is 2.20 bits per heavy atom. The molecule has 1 aromatic carbocycles. The van der Waals surface area contributed by atoms with E-state index in [-0.39, 0.29) is 5.97 Å². The van der Waals surface area contributed by atoms with Crippen molar-refractivity contribution in [2.45, 2.75) is 31.9 Å². The fourth-order valence-corrected chi connectivity index (χ4v) is 2.62. The lowest BCUT2D eigenvalue weighted by atomic mass is 10.1. The Bertz CT molecular complexity index is 441. The molecule has 110 valence electrons. The van der Waals surface area contributed by atoms with Gasteiger partial charge in [-0.15, -0.1) is 0 Å². The summed E-state index contributed by atoms with van der Waals surface area (Å²) >= 11 is 0. The zero-order valence-corrected chi connectivity index (χ0v) is 12.3. The smallest absolute Gasteiger partial charge is 0.338 e. The Labute approximate surface area is 120 Å². The van der Waals surface area contributed by atoms with E-state index in [1.165, 1.54) is 20.0 Å². The van der Waals surface area contributed by atoms with Crippen LogP contribution in [-0.2, 0) is 16.0 Å². The molecule has 1 unspecified atom stereocenters. The highest BCUT2D eigenvalue weighted by molar-refractivity contribution is 5.90. The number of hydrogen-bond donors (Lipinski definition) is 0. The molecule has 0 spiro atoms. The molecular weight excluding hydrogens is 254 g/mol. The highest BCUT2D eigenvalue weighted by Gasteiger charge is 2.17. The number of esters is 1. The molecule has 4 heteroatoms. The van der Waals surface area contributed by atoms with Gasteiger partial charge in [0.1, 0.15) is 0 Å². The maximum absolute atomic E-state index is 11.7. The van der Waals surface area contributed by atoms with Crippen molar-refractivity contribution in [3.63, 3.8) is 0 Å². The molecule has 1 atom stereocenters. The number of benzene rings is 1. The van der Waals surface area contributed by atoms with Crippen LogP contribution >= 0.6 is 0 Å². The molecule has 1 aliphatic heterocycles. The normalized spacial score (nSPS) is 19.1. The summed E-state index contributed by atoms with van der Waals surface area (Å²) in [5, 5.41) is 0. The monoisotopic (exact) mass is 277 g/mol. The largest absolute Gasteiger partial charge is 0.465 e. The van der Waals surface area contributed by atoms with E-state index in [9.17, 15) is 4.79 Å². The van der Waals surface area contributed by atoms with Gasteiger partial charge in [-0.1, -0.05) is 18.2 Å². The zero-order valence-electron chi connectivity index (χ0n) is 12.3. The second kappa shape index (κ2) is 7.41. The third-order valence-electron chi connectivity index (χ3n) is 3.65. The Morgan fingerprint density at radius 1 is 1.40 bits per heavy atom. The quantitative estimate of drug-likeness (QED) is 0.775. The summed E-state index contributed by atoms with van der Waals surface area (Å²) < 4.78 is 10.6. The van der Waals surface area contributed by atoms with E-state index < -0.39 is 0 Å². The first-order valence-electron chi connectivity index (χ1n) is 7.17. The van der Waals surface area contributed by atoms with Crippen LogP contribution in [0.25, 0.3) is 0 Å². The van der Waals surface area contributed by atoms with Gasteiger partial charge in [0.05, 0.1) is 18.8 Å². The minimum absolute atomic E-state index is 0.275. The van der Waals surface area contributed by atoms with Crippen molar-refractivity contribution >= 4 is 5.97 Å². The van der Waals surface area contributed by atoms with Crippen molar-refractivity contribution in [2.75, 3.05) is 27.3 Å². The predicted molar refractivity (Wildman–Crippen MR) is 77.7 cm³/mol. The summed E-state index contributed by atoms with van der Waals surface area (Å²) in [5.41, 5.74) is 1.64. The van der Waals surface area contributed by atoms with Crippen LogP contribution in [0.1, 0.15) is 35.2 Å². The van der Waals surface area contributed by atoms with Crippen LogP contribution in [0.2, 0.25) is 0 Å². The van der Waals surface area contributed by atoms with Crippen LogP contribution < -0.4 is 0 Å². The minimum atomic E-state index is -0.275. The van der Waals surface area contributed by atoms with E-state index in [0.29, 0.717) is 11.7 Å². The van der Waals surface area contributed by atoms with Crippen LogP contribution in [-0.4, -0.2) is 44.3 Å². The minimum Gasteiger partial charge on any atom is -0.465 e. The Morgan fingerprint density at radius 3 is 2.90 bits per heavy atom. The van der Waals surface area contributed by atoms with Gasteiger partial charge < -0.3 is 9.47 Å². The zero-order chi connectivity index (χ0) is 14.4. The van der Waals surface area contributed by atoms with Gasteiger partial charge in [-0.2, -0.15) is 0 Å². The van der Waals surface area contributed by atoms with Crippen molar-refractivity contribution < 1.29 is 14.3 Å². The van der Waals surface area contributed by atoms with E-state index in [1.54, 1.807) is 0 Å². The lowest BCUT2D eigenvalue weighted by Gasteiger charge is -2.27. The van der Waals surface area contributed by atoms with Crippen molar-refractivity contribution in [1.82, 2.24) is 4.90 Å². The Balaban J connectivity index is 1.96. The van der Waals surface area contributed by atoms with Crippen LogP contribution in [0.15, 0.2) is 24.3 Å². The van der Waals surface area contributed by atoms with Gasteiger partial charge in [-0.25, -0.2) is 4.79 Å². The first kappa shape index (κ1) is 15.0. The number of carbonyl (C=O) groups is 1. The molecule has 0 saturated carbocycles. The second-order valence-electron chi connectivity index (χ2n) is 5.33. The number of rotatable bonds is 5. The van der Waals surface area contributed by atoms with Crippen molar-refractivity contribution in [3.05, 3.63) is 35.4 Å². The molecule has 1 aromatic rings. The third kappa shape index (κ3) is 4.05. The summed E-state index contributed by atoms with van der Waals surface area (Å²) in [6.07, 6.45) is 3.87. The van der Waals surface area contributed by atoms with E-state index in [4.69, 9.17) is 9.47 Å². The van der Waals surface area contributed by atoms with Crippen LogP contribution in [0.4, 0.5) is 0 Å². The Kier molecular flexibility index (Phi) is 5.56. The highest BCUT2D eigenvalue weighted by atomic mass is 16.5. The van der Waals surface area contributed by atoms with Gasteiger partial charge >= 0.3 is 5.97 Å². The maximum atomic E-state index is 11.7. The summed E-state index contributed by atoms with van der Waals surface area (Å²) in [4.78, 5) is 13.9. The summed E-state index contributed by atoms with van der Waals surface area (Å²) in [6.45, 7) is 2.50. The van der Waals surface area contributed by atoms with E-state index in [0.717, 1.165) is 31.7 Å². The molecule has 0 bridgehead atoms. The van der Waals surface area contributed by atoms with Crippen molar-refractivity contribution in [1.29, 1.82) is 0 Å². The van der Waals surface area contributed by atoms with Crippen LogP contribution in [0, 0.1) is 0 Å². The van der Waals surface area contributed by atoms with Crippen molar-refractivity contribution in [2.24, 2.45) is 0 Å². The number of hydrogen-bond acceptors (Lipinski definition) is 4. The molecule has 0 aliphatic carbocycles. The third-order valence-corrected chi connectivity index (χ3v) is 3.65. The van der Waals surface area contributed by atoms with Crippen molar-refractivity contribution in [3.8, 4) is 0 Å². The van der Waals surface area contributed by atoms with Crippen LogP contribution in [0.5, 0.6) is 0 Å². The van der Waals surface area contributed by atoms with E-state index in [1.807, 2.05) is 24.3 Å². The summed E-state index contributed by atoms with van der Waals surface area (Å²) in [5.74, 6) is -0.275. The van der Waals surface area contributed by atoms with Gasteiger partial charge in [0, 0.05) is 19.7 Å². The number of ether oxygens (including phenoxy) is 2. The maximum Gasteiger partial charge on any atom is 0.338 e. The summed E-state index contributed by atoms with van der Waals surface area (Å²) in [7, 11) is 3.48. The van der Waals surface area contributed by atoms with Crippen LogP contribution in [0.3, 0.4) is 0 Å². The molecular formula is C16H23NO3. The average Bonchev–Trinajstić information content (AvgIpc) is 2.48. The fourth-order valence-electron chi connectivity index (χ4n) is 2.62. The topological polar surface area (TPSA) is 38.8 Å². The molecule has 0 amide bonds. The van der Waals surface area contributed by atoms with Gasteiger partial charge in [0.25, 0.3) is 0 Å². The standard InChI is InChI=1S/C16H23NO3/c1-17(12-14-8-5-6-10-20-14)11-13-7-3-4-9-15(13)16(18)19-2/h3-4,7,9,14H,5-6,8,10-12H2,1-2H3. The van der Waals surface area contributed by atoms with E-state index in [2.05, 4.69) is 11.9 Å². The lowest BCUT2D eigenvalue weighted by molar-refractivity contribution is -0.00262. The van der Waals surface area contributed by atoms with Gasteiger partial charge in [0.15, 0.2) is 0 Å². The molecule has 0 radical (unpaired) electrons. The number of nitrogens with zero attached hydrogens (tertiary/aromatic N) is 1. The first-order valence-corrected chi connectivity index (χ1v) is 7.17. The molecule has 1 aliphatic rings. The molecule has 1 fully saturated rings. The number of carbonyl (C=O) groups excluding carboxylic acids is 1. The predicted octanol–water partition coefficient (Wildman–Crippen LogP) is 2.47. The van der Waals surface area contributed by atoms with Gasteiger partial charge in [-0.05, 0) is 37.9 Å². The highest BCUT2D eigenvalue weighted by Crippen LogP contribution is 2.16. The SMILES string of the molecule is COC(=O)c1ccccc1CN(C)CC1CCCCO1. The molecule has 1 saturated heterocycles. The Hall–Kier alpha value is -1.39. The fraction of sp³-hybridized carbons (Fsp3) is 0.562. The molecule has 20 heavy (non-hydrogen) atoms. The number of likely N-dealkylation sites (N-methyl/N-ethyl adjacent to an activating group) is 1. The average molecular weight is 277 g/mol. The second-order valence-corrected chi connectivity index (χ2v) is 5.33.